The minimum atomic E-state index is 0.121. The van der Waals surface area contributed by atoms with Gasteiger partial charge >= 0.3 is 0 Å². The van der Waals surface area contributed by atoms with Crippen molar-refractivity contribution in [1.29, 1.82) is 0 Å². The smallest absolute Gasteiger partial charge is 0.160 e. The molecule has 0 saturated carbocycles. The van der Waals surface area contributed by atoms with E-state index in [0.29, 0.717) is 0 Å². The molecule has 0 amide bonds. The fourth-order valence-corrected chi connectivity index (χ4v) is 2.04. The predicted octanol–water partition coefficient (Wildman–Crippen LogP) is 4.10. The molecule has 0 unspecified atom stereocenters. The van der Waals surface area contributed by atoms with Gasteiger partial charge in [0, 0.05) is 5.56 Å². The summed E-state index contributed by atoms with van der Waals surface area (Å²) in [5, 5.41) is 0. The molecule has 0 heterocycles. The van der Waals surface area contributed by atoms with Crippen LogP contribution in [0.25, 0.3) is 5.57 Å². The van der Waals surface area contributed by atoms with Gasteiger partial charge in [0.25, 0.3) is 0 Å². The fraction of sp³-hybridized carbons (Fsp3) is 0.188. The lowest BCUT2D eigenvalue weighted by Gasteiger charge is -2.11. The monoisotopic (exact) mass is 224 g/mol. The van der Waals surface area contributed by atoms with Crippen molar-refractivity contribution in [3.63, 3.8) is 0 Å². The lowest BCUT2D eigenvalue weighted by atomic mass is 9.94. The van der Waals surface area contributed by atoms with E-state index < -0.39 is 0 Å². The Labute approximate surface area is 102 Å². The van der Waals surface area contributed by atoms with Crippen LogP contribution < -0.4 is 0 Å². The van der Waals surface area contributed by atoms with Gasteiger partial charge in [0.15, 0.2) is 5.78 Å². The van der Waals surface area contributed by atoms with Gasteiger partial charge in [-0.2, -0.15) is 0 Å². The number of carbonyl (C=O) groups is 1. The Balaban J connectivity index is 2.36. The summed E-state index contributed by atoms with van der Waals surface area (Å²) in [6, 6.07) is 5.99. The number of Topliss-reactive ketones (excluding diaryl/α,β-unsaturated/α-hetero) is 1. The Kier molecular flexibility index (Phi) is 3.10. The molecule has 2 rings (SSSR count). The second-order valence-electron chi connectivity index (χ2n) is 4.44. The van der Waals surface area contributed by atoms with Gasteiger partial charge in [0.2, 0.25) is 0 Å². The number of hydrogen-bond donors (Lipinski definition) is 0. The average molecular weight is 224 g/mol. The minimum absolute atomic E-state index is 0.121. The highest BCUT2D eigenvalue weighted by Gasteiger charge is 2.07. The predicted molar refractivity (Wildman–Crippen MR) is 72.1 cm³/mol. The first-order chi connectivity index (χ1) is 8.08. The molecule has 1 heteroatoms. The summed E-state index contributed by atoms with van der Waals surface area (Å²) in [6.45, 7) is 7.50. The van der Waals surface area contributed by atoms with E-state index in [-0.39, 0.29) is 5.78 Å². The van der Waals surface area contributed by atoms with Crippen molar-refractivity contribution in [1.82, 2.24) is 0 Å². The van der Waals surface area contributed by atoms with Gasteiger partial charge in [0.1, 0.15) is 0 Å². The molecule has 1 aromatic rings. The van der Waals surface area contributed by atoms with Crippen molar-refractivity contribution >= 4 is 11.4 Å². The highest BCUT2D eigenvalue weighted by atomic mass is 16.1. The third-order valence-corrected chi connectivity index (χ3v) is 3.02. The SMILES string of the molecule is C=C1C=CC(c2ccc(C(C)=O)c(C)c2)=CC1. The summed E-state index contributed by atoms with van der Waals surface area (Å²) in [4.78, 5) is 11.4. The van der Waals surface area contributed by atoms with Crippen molar-refractivity contribution < 1.29 is 4.79 Å². The molecular weight excluding hydrogens is 208 g/mol. The van der Waals surface area contributed by atoms with Gasteiger partial charge in [0.05, 0.1) is 0 Å². The van der Waals surface area contributed by atoms with Crippen LogP contribution in [-0.4, -0.2) is 5.78 Å². The average Bonchev–Trinajstić information content (AvgIpc) is 2.29. The zero-order chi connectivity index (χ0) is 12.4. The van der Waals surface area contributed by atoms with Gasteiger partial charge in [-0.15, -0.1) is 0 Å². The molecular formula is C16H16O. The highest BCUT2D eigenvalue weighted by Crippen LogP contribution is 2.25. The number of benzene rings is 1. The van der Waals surface area contributed by atoms with Crippen LogP contribution in [0.1, 0.15) is 34.8 Å². The fourth-order valence-electron chi connectivity index (χ4n) is 2.04. The maximum absolute atomic E-state index is 11.4. The van der Waals surface area contributed by atoms with Crippen LogP contribution in [0, 0.1) is 6.92 Å². The van der Waals surface area contributed by atoms with E-state index in [2.05, 4.69) is 24.8 Å². The maximum Gasteiger partial charge on any atom is 0.160 e. The van der Waals surface area contributed by atoms with E-state index in [1.165, 1.54) is 5.57 Å². The van der Waals surface area contributed by atoms with Crippen LogP contribution in [-0.2, 0) is 0 Å². The molecule has 1 aromatic carbocycles. The number of carbonyl (C=O) groups excluding carboxylic acids is 1. The first kappa shape index (κ1) is 11.6. The third-order valence-electron chi connectivity index (χ3n) is 3.02. The Morgan fingerprint density at radius 1 is 1.29 bits per heavy atom. The van der Waals surface area contributed by atoms with Crippen LogP contribution >= 0.6 is 0 Å². The zero-order valence-electron chi connectivity index (χ0n) is 10.3. The van der Waals surface area contributed by atoms with Crippen molar-refractivity contribution in [3.05, 3.63) is 65.3 Å². The quantitative estimate of drug-likeness (QED) is 0.691. The molecule has 1 nitrogen and oxygen atoms in total. The first-order valence-corrected chi connectivity index (χ1v) is 5.76. The van der Waals surface area contributed by atoms with Gasteiger partial charge in [-0.25, -0.2) is 0 Å². The second kappa shape index (κ2) is 4.54. The van der Waals surface area contributed by atoms with E-state index in [4.69, 9.17) is 0 Å². The van der Waals surface area contributed by atoms with Gasteiger partial charge in [-0.3, -0.25) is 4.79 Å². The highest BCUT2D eigenvalue weighted by molar-refractivity contribution is 5.96. The molecule has 0 fully saturated rings. The summed E-state index contributed by atoms with van der Waals surface area (Å²) >= 11 is 0. The Bertz CT molecular complexity index is 545. The molecule has 86 valence electrons. The topological polar surface area (TPSA) is 17.1 Å². The lowest BCUT2D eigenvalue weighted by Crippen LogP contribution is -1.97. The molecule has 0 atom stereocenters. The van der Waals surface area contributed by atoms with Crippen molar-refractivity contribution in [3.8, 4) is 0 Å². The molecule has 0 saturated heterocycles. The molecule has 0 radical (unpaired) electrons. The second-order valence-corrected chi connectivity index (χ2v) is 4.44. The van der Waals surface area contributed by atoms with Crippen LogP contribution in [0.5, 0.6) is 0 Å². The van der Waals surface area contributed by atoms with E-state index in [9.17, 15) is 4.79 Å². The molecule has 0 N–H and O–H groups in total. The van der Waals surface area contributed by atoms with Crippen LogP contribution in [0.2, 0.25) is 0 Å². The van der Waals surface area contributed by atoms with E-state index >= 15 is 0 Å². The summed E-state index contributed by atoms with van der Waals surface area (Å²) in [5.41, 5.74) is 5.34. The number of hydrogen-bond acceptors (Lipinski definition) is 1. The number of rotatable bonds is 2. The summed E-state index contributed by atoms with van der Waals surface area (Å²) < 4.78 is 0. The van der Waals surface area contributed by atoms with Gasteiger partial charge in [-0.05, 0) is 37.0 Å². The Morgan fingerprint density at radius 3 is 2.59 bits per heavy atom. The van der Waals surface area contributed by atoms with Crippen LogP contribution in [0.4, 0.5) is 0 Å². The van der Waals surface area contributed by atoms with Crippen molar-refractivity contribution in [2.45, 2.75) is 20.3 Å². The molecule has 0 aliphatic heterocycles. The van der Waals surface area contributed by atoms with Crippen molar-refractivity contribution in [2.75, 3.05) is 0 Å². The Morgan fingerprint density at radius 2 is 2.06 bits per heavy atom. The summed E-state index contributed by atoms with van der Waals surface area (Å²) in [5.74, 6) is 0.121. The summed E-state index contributed by atoms with van der Waals surface area (Å²) in [7, 11) is 0. The largest absolute Gasteiger partial charge is 0.295 e. The number of ketones is 1. The lowest BCUT2D eigenvalue weighted by molar-refractivity contribution is 0.101. The van der Waals surface area contributed by atoms with Crippen LogP contribution in [0.3, 0.4) is 0 Å². The molecule has 0 bridgehead atoms. The zero-order valence-corrected chi connectivity index (χ0v) is 10.3. The van der Waals surface area contributed by atoms with E-state index in [1.54, 1.807) is 6.92 Å². The third kappa shape index (κ3) is 2.44. The molecule has 1 aliphatic rings. The van der Waals surface area contributed by atoms with Gasteiger partial charge < -0.3 is 0 Å². The normalized spacial score (nSPS) is 14.7. The number of aryl methyl sites for hydroxylation is 1. The first-order valence-electron chi connectivity index (χ1n) is 5.76. The van der Waals surface area contributed by atoms with Gasteiger partial charge in [-0.1, -0.05) is 48.6 Å². The maximum atomic E-state index is 11.4. The standard InChI is InChI=1S/C16H16O/c1-11-4-6-14(7-5-11)15-8-9-16(13(3)17)12(2)10-15/h4,6-10H,1,5H2,2-3H3. The van der Waals surface area contributed by atoms with Crippen LogP contribution in [0.15, 0.2) is 48.6 Å². The van der Waals surface area contributed by atoms with E-state index in [1.807, 2.05) is 25.1 Å². The minimum Gasteiger partial charge on any atom is -0.295 e. The van der Waals surface area contributed by atoms with E-state index in [0.717, 1.165) is 28.7 Å². The Hall–Kier alpha value is -1.89. The summed E-state index contributed by atoms with van der Waals surface area (Å²) in [6.07, 6.45) is 7.20. The molecule has 1 aliphatic carbocycles. The molecule has 17 heavy (non-hydrogen) atoms. The molecule has 0 aromatic heterocycles. The number of allylic oxidation sites excluding steroid dienone is 5. The molecule has 0 spiro atoms. The van der Waals surface area contributed by atoms with Crippen molar-refractivity contribution in [2.24, 2.45) is 0 Å².